The van der Waals surface area contributed by atoms with E-state index in [1.54, 1.807) is 37.2 Å². The second-order valence-corrected chi connectivity index (χ2v) is 10.3. The number of rotatable bonds is 5. The quantitative estimate of drug-likeness (QED) is 0.297. The van der Waals surface area contributed by atoms with Crippen LogP contribution in [-0.4, -0.2) is 63.2 Å². The van der Waals surface area contributed by atoms with E-state index in [1.807, 2.05) is 23.1 Å². The number of H-pyrrole nitrogens is 2. The molecule has 196 valence electrons. The normalized spacial score (nSPS) is 20.5. The van der Waals surface area contributed by atoms with Gasteiger partial charge in [0.2, 0.25) is 0 Å². The summed E-state index contributed by atoms with van der Waals surface area (Å²) in [5.74, 6) is 0.892. The van der Waals surface area contributed by atoms with Crippen LogP contribution < -0.4 is 5.73 Å². The predicted octanol–water partition coefficient (Wildman–Crippen LogP) is 3.85. The third-order valence-corrected chi connectivity index (χ3v) is 8.08. The summed E-state index contributed by atoms with van der Waals surface area (Å²) < 4.78 is 1.54. The van der Waals surface area contributed by atoms with Crippen LogP contribution in [0.25, 0.3) is 28.3 Å². The molecule has 0 aliphatic carbocycles. The minimum absolute atomic E-state index is 0.00572. The number of imidazole rings is 1. The zero-order valence-corrected chi connectivity index (χ0v) is 21.3. The van der Waals surface area contributed by atoms with Gasteiger partial charge in [-0.05, 0) is 44.7 Å². The summed E-state index contributed by atoms with van der Waals surface area (Å²) in [6, 6.07) is 5.84. The Kier molecular flexibility index (Phi) is 5.32. The van der Waals surface area contributed by atoms with Crippen LogP contribution in [0.5, 0.6) is 0 Å². The first-order valence-electron chi connectivity index (χ1n) is 13.1. The summed E-state index contributed by atoms with van der Waals surface area (Å²) in [5, 5.41) is 4.48. The van der Waals surface area contributed by atoms with Gasteiger partial charge in [0.25, 0.3) is 5.91 Å². The van der Waals surface area contributed by atoms with Gasteiger partial charge in [-0.15, -0.1) is 0 Å². The number of hydrogen-bond donors (Lipinski definition) is 3. The van der Waals surface area contributed by atoms with Crippen LogP contribution in [0.2, 0.25) is 0 Å². The lowest BCUT2D eigenvalue weighted by Crippen LogP contribution is -2.46. The van der Waals surface area contributed by atoms with E-state index in [0.717, 1.165) is 42.5 Å². The van der Waals surface area contributed by atoms with Gasteiger partial charge in [-0.1, -0.05) is 6.07 Å². The first-order valence-corrected chi connectivity index (χ1v) is 13.1. The van der Waals surface area contributed by atoms with E-state index >= 15 is 0 Å². The molecule has 0 saturated carbocycles. The maximum absolute atomic E-state index is 13.2. The number of ketones is 1. The highest BCUT2D eigenvalue weighted by Gasteiger charge is 2.45. The van der Waals surface area contributed by atoms with Crippen molar-refractivity contribution in [3.63, 3.8) is 0 Å². The van der Waals surface area contributed by atoms with Crippen molar-refractivity contribution in [2.24, 2.45) is 0 Å². The molecule has 7 heterocycles. The highest BCUT2D eigenvalue weighted by atomic mass is 16.2. The number of nitrogens with one attached hydrogen (secondary N) is 2. The van der Waals surface area contributed by atoms with Crippen molar-refractivity contribution in [2.45, 2.75) is 50.6 Å². The fraction of sp³-hybridized carbons (Fsp3) is 0.286. The van der Waals surface area contributed by atoms with Crippen LogP contribution in [-0.2, 0) is 0 Å². The molecule has 2 bridgehead atoms. The number of Topliss-reactive ketones (excluding diaryl/α,β-unsaturated/α-hetero) is 1. The van der Waals surface area contributed by atoms with E-state index in [0.29, 0.717) is 28.3 Å². The topological polar surface area (TPSA) is 151 Å². The summed E-state index contributed by atoms with van der Waals surface area (Å²) in [5.41, 5.74) is 11.3. The van der Waals surface area contributed by atoms with Gasteiger partial charge in [-0.25, -0.2) is 9.97 Å². The Morgan fingerprint density at radius 3 is 2.51 bits per heavy atom. The van der Waals surface area contributed by atoms with E-state index in [9.17, 15) is 9.59 Å². The first-order chi connectivity index (χ1) is 19.0. The van der Waals surface area contributed by atoms with Gasteiger partial charge in [-0.2, -0.15) is 9.61 Å². The summed E-state index contributed by atoms with van der Waals surface area (Å²) >= 11 is 0. The molecule has 11 nitrogen and oxygen atoms in total. The molecule has 0 aromatic carbocycles. The van der Waals surface area contributed by atoms with E-state index in [1.165, 1.54) is 11.4 Å². The van der Waals surface area contributed by atoms with Crippen molar-refractivity contribution in [3.05, 3.63) is 72.2 Å². The third-order valence-electron chi connectivity index (χ3n) is 8.08. The van der Waals surface area contributed by atoms with E-state index < -0.39 is 0 Å². The number of piperidine rings is 1. The summed E-state index contributed by atoms with van der Waals surface area (Å²) in [6.45, 7) is 1.52. The fourth-order valence-electron chi connectivity index (χ4n) is 6.33. The molecule has 5 aromatic heterocycles. The molecule has 1 amide bonds. The Labute approximate surface area is 223 Å². The van der Waals surface area contributed by atoms with Crippen molar-refractivity contribution < 1.29 is 9.59 Å². The van der Waals surface area contributed by atoms with Crippen LogP contribution in [0.1, 0.15) is 64.9 Å². The van der Waals surface area contributed by atoms with Crippen LogP contribution in [0, 0.1) is 0 Å². The number of pyridine rings is 1. The van der Waals surface area contributed by atoms with E-state index in [2.05, 4.69) is 25.0 Å². The van der Waals surface area contributed by atoms with Crippen molar-refractivity contribution in [1.82, 2.24) is 39.4 Å². The highest BCUT2D eigenvalue weighted by molar-refractivity contribution is 6.00. The van der Waals surface area contributed by atoms with Crippen LogP contribution in [0.4, 0.5) is 5.82 Å². The fourth-order valence-corrected chi connectivity index (χ4v) is 6.33. The maximum Gasteiger partial charge on any atom is 0.255 e. The number of nitrogens with zero attached hydrogens (tertiary/aromatic N) is 6. The second-order valence-electron chi connectivity index (χ2n) is 10.3. The van der Waals surface area contributed by atoms with Crippen molar-refractivity contribution >= 4 is 23.2 Å². The van der Waals surface area contributed by atoms with Gasteiger partial charge >= 0.3 is 0 Å². The molecule has 0 spiro atoms. The lowest BCUT2D eigenvalue weighted by molar-refractivity contribution is 0.0568. The molecule has 4 N–H and O–H groups in total. The Morgan fingerprint density at radius 1 is 1.05 bits per heavy atom. The van der Waals surface area contributed by atoms with Gasteiger partial charge in [-0.3, -0.25) is 14.6 Å². The molecule has 0 radical (unpaired) electrons. The number of amides is 1. The average molecular weight is 522 g/mol. The van der Waals surface area contributed by atoms with Gasteiger partial charge in [0, 0.05) is 60.1 Å². The molecule has 11 heteroatoms. The minimum Gasteiger partial charge on any atom is -0.383 e. The number of carbonyl (C=O) groups is 2. The SMILES string of the molecule is CC(=O)c1c([C@H]2C[C@H]3CC[C@@H](C2)N3C(=O)c2cc[nH]c2)nc2c(-c3ccc(-c4ncc[nH]4)nc3)cnn2c1N. The summed E-state index contributed by atoms with van der Waals surface area (Å²) in [7, 11) is 0. The molecule has 5 aromatic rings. The third kappa shape index (κ3) is 3.72. The number of hydrogen-bond acceptors (Lipinski definition) is 7. The zero-order valence-electron chi connectivity index (χ0n) is 21.3. The molecule has 2 fully saturated rings. The largest absolute Gasteiger partial charge is 0.383 e. The lowest BCUT2D eigenvalue weighted by atomic mass is 9.85. The Balaban J connectivity index is 1.27. The first kappa shape index (κ1) is 23.3. The standard InChI is InChI=1S/C28H27N9O2/c1-15(38)23-24(18-10-19-3-4-20(11-18)36(19)28(39)17-6-7-30-12-17)35-27-21(14-34-37(27)25(23)29)16-2-5-22(33-13-16)26-31-8-9-32-26/h2,5-9,12-14,18-20,30H,3-4,10-11,29H2,1H3,(H,31,32)/t18-,19+,20-. The molecule has 3 atom stereocenters. The van der Waals surface area contributed by atoms with Crippen molar-refractivity contribution in [2.75, 3.05) is 5.73 Å². The van der Waals surface area contributed by atoms with E-state index in [4.69, 9.17) is 10.7 Å². The summed E-state index contributed by atoms with van der Waals surface area (Å²) in [6.07, 6.45) is 13.8. The molecule has 2 saturated heterocycles. The maximum atomic E-state index is 13.2. The second kappa shape index (κ2) is 8.90. The van der Waals surface area contributed by atoms with Crippen LogP contribution in [0.3, 0.4) is 0 Å². The van der Waals surface area contributed by atoms with E-state index in [-0.39, 0.29) is 35.5 Å². The number of aromatic nitrogens is 7. The Hall–Kier alpha value is -4.80. The molecular weight excluding hydrogens is 494 g/mol. The van der Waals surface area contributed by atoms with Crippen LogP contribution >= 0.6 is 0 Å². The Morgan fingerprint density at radius 2 is 1.87 bits per heavy atom. The van der Waals surface area contributed by atoms with Crippen molar-refractivity contribution in [3.8, 4) is 22.6 Å². The number of nitrogens with two attached hydrogens (primary N) is 1. The Bertz CT molecular complexity index is 1670. The number of carbonyl (C=O) groups excluding carboxylic acids is 2. The molecule has 2 aliphatic heterocycles. The van der Waals surface area contributed by atoms with Crippen LogP contribution in [0.15, 0.2) is 55.4 Å². The monoisotopic (exact) mass is 521 g/mol. The van der Waals surface area contributed by atoms with Gasteiger partial charge in [0.15, 0.2) is 17.3 Å². The predicted molar refractivity (Wildman–Crippen MR) is 144 cm³/mol. The average Bonchev–Trinajstić information content (AvgIpc) is 3.75. The van der Waals surface area contributed by atoms with Gasteiger partial charge < -0.3 is 20.6 Å². The molecule has 39 heavy (non-hydrogen) atoms. The number of fused-ring (bicyclic) bond motifs is 3. The molecule has 7 rings (SSSR count). The number of aromatic amines is 2. The summed E-state index contributed by atoms with van der Waals surface area (Å²) in [4.78, 5) is 48.0. The van der Waals surface area contributed by atoms with Crippen molar-refractivity contribution in [1.29, 1.82) is 0 Å². The molecule has 0 unspecified atom stereocenters. The lowest BCUT2D eigenvalue weighted by Gasteiger charge is -2.39. The highest BCUT2D eigenvalue weighted by Crippen LogP contribution is 2.45. The molecular formula is C28H27N9O2. The number of nitrogen functional groups attached to an aromatic ring is 1. The van der Waals surface area contributed by atoms with Gasteiger partial charge in [0.05, 0.1) is 23.0 Å². The smallest absolute Gasteiger partial charge is 0.255 e. The molecule has 2 aliphatic rings. The minimum atomic E-state index is -0.142. The van der Waals surface area contributed by atoms with Gasteiger partial charge in [0.1, 0.15) is 11.5 Å². The zero-order chi connectivity index (χ0) is 26.7. The number of anilines is 1.